The Kier molecular flexibility index (Phi) is 7.51. The van der Waals surface area contributed by atoms with E-state index >= 15 is 0 Å². The average molecular weight is 345 g/mol. The quantitative estimate of drug-likeness (QED) is 0.802. The Labute approximate surface area is 149 Å². The summed E-state index contributed by atoms with van der Waals surface area (Å²) in [6.07, 6.45) is 10.7. The van der Waals surface area contributed by atoms with Crippen molar-refractivity contribution in [2.75, 3.05) is 0 Å². The zero-order valence-electron chi connectivity index (χ0n) is 15.0. The molecule has 0 saturated heterocycles. The molecule has 1 aliphatic carbocycles. The lowest BCUT2D eigenvalue weighted by Gasteiger charge is -2.23. The van der Waals surface area contributed by atoms with Crippen molar-refractivity contribution in [2.45, 2.75) is 64.6 Å². The van der Waals surface area contributed by atoms with Crippen LogP contribution in [0.5, 0.6) is 11.5 Å². The zero-order valence-corrected chi connectivity index (χ0v) is 15.0. The van der Waals surface area contributed by atoms with Crippen molar-refractivity contribution in [3.8, 4) is 11.5 Å². The molecule has 5 nitrogen and oxygen atoms in total. The summed E-state index contributed by atoms with van der Waals surface area (Å²) in [5.74, 6) is 1.10. The molecule has 25 heavy (non-hydrogen) atoms. The number of pyridine rings is 1. The minimum Gasteiger partial charge on any atom is -0.506 e. The SMILES string of the molecule is CCC(C)OC=O.Oc1cncc2cc(OC3CCCCC3)ccc12. The van der Waals surface area contributed by atoms with Crippen molar-refractivity contribution in [2.24, 2.45) is 0 Å². The van der Waals surface area contributed by atoms with Crippen LogP contribution in [0.1, 0.15) is 52.4 Å². The predicted molar refractivity (Wildman–Crippen MR) is 97.8 cm³/mol. The van der Waals surface area contributed by atoms with Gasteiger partial charge in [-0.1, -0.05) is 13.3 Å². The first-order chi connectivity index (χ1) is 12.1. The first-order valence-electron chi connectivity index (χ1n) is 8.96. The summed E-state index contributed by atoms with van der Waals surface area (Å²) in [5.41, 5.74) is 0. The van der Waals surface area contributed by atoms with Gasteiger partial charge in [0.05, 0.1) is 18.4 Å². The molecular formula is C20H27NO4. The number of benzene rings is 1. The molecule has 1 aromatic heterocycles. The fraction of sp³-hybridized carbons (Fsp3) is 0.500. The van der Waals surface area contributed by atoms with E-state index in [1.54, 1.807) is 6.20 Å². The van der Waals surface area contributed by atoms with Crippen LogP contribution in [0.2, 0.25) is 0 Å². The Bertz CT molecular complexity index is 668. The number of fused-ring (bicyclic) bond motifs is 1. The number of nitrogens with zero attached hydrogens (tertiary/aromatic N) is 1. The monoisotopic (exact) mass is 345 g/mol. The molecule has 0 aliphatic heterocycles. The van der Waals surface area contributed by atoms with Crippen molar-refractivity contribution >= 4 is 17.2 Å². The van der Waals surface area contributed by atoms with Crippen LogP contribution in [0, 0.1) is 0 Å². The van der Waals surface area contributed by atoms with Gasteiger partial charge in [-0.2, -0.15) is 0 Å². The standard InChI is InChI=1S/C15H17NO2.C5H10O2/c17-15-10-16-9-11-8-13(6-7-14(11)15)18-12-4-2-1-3-5-12;1-3-5(2)7-4-6/h6-10,12,17H,1-5H2;4-5H,3H2,1-2H3. The highest BCUT2D eigenvalue weighted by Crippen LogP contribution is 2.29. The molecule has 1 fully saturated rings. The maximum atomic E-state index is 9.68. The number of carbonyl (C=O) groups is 1. The largest absolute Gasteiger partial charge is 0.506 e. The highest BCUT2D eigenvalue weighted by Gasteiger charge is 2.15. The third-order valence-electron chi connectivity index (χ3n) is 4.43. The Morgan fingerprint density at radius 2 is 2.04 bits per heavy atom. The molecule has 1 atom stereocenters. The average Bonchev–Trinajstić information content (AvgIpc) is 2.63. The van der Waals surface area contributed by atoms with E-state index in [0.717, 1.165) is 35.8 Å². The maximum Gasteiger partial charge on any atom is 0.293 e. The van der Waals surface area contributed by atoms with Crippen LogP contribution in [-0.2, 0) is 9.53 Å². The smallest absolute Gasteiger partial charge is 0.293 e. The molecule has 1 saturated carbocycles. The number of hydrogen-bond donors (Lipinski definition) is 1. The van der Waals surface area contributed by atoms with Gasteiger partial charge in [-0.25, -0.2) is 0 Å². The van der Waals surface area contributed by atoms with E-state index in [0.29, 0.717) is 12.6 Å². The second kappa shape index (κ2) is 9.87. The molecule has 0 spiro atoms. The summed E-state index contributed by atoms with van der Waals surface area (Å²) < 4.78 is 10.5. The molecule has 0 bridgehead atoms. The fourth-order valence-corrected chi connectivity index (χ4v) is 2.78. The molecule has 136 valence electrons. The third-order valence-corrected chi connectivity index (χ3v) is 4.43. The molecule has 2 aromatic rings. The van der Waals surface area contributed by atoms with Gasteiger partial charge in [0.25, 0.3) is 6.47 Å². The summed E-state index contributed by atoms with van der Waals surface area (Å²) in [4.78, 5) is 13.5. The van der Waals surface area contributed by atoms with Gasteiger partial charge in [0.15, 0.2) is 0 Å². The maximum absolute atomic E-state index is 9.68. The van der Waals surface area contributed by atoms with E-state index in [4.69, 9.17) is 4.74 Å². The Balaban J connectivity index is 0.000000277. The van der Waals surface area contributed by atoms with Crippen LogP contribution in [0.3, 0.4) is 0 Å². The Morgan fingerprint density at radius 3 is 2.68 bits per heavy atom. The molecule has 1 N–H and O–H groups in total. The van der Waals surface area contributed by atoms with Gasteiger partial charge < -0.3 is 14.6 Å². The van der Waals surface area contributed by atoms with Crippen molar-refractivity contribution in [3.05, 3.63) is 30.6 Å². The molecule has 3 rings (SSSR count). The molecule has 1 heterocycles. The third kappa shape index (κ3) is 5.93. The normalized spacial score (nSPS) is 15.8. The minimum atomic E-state index is 0.0810. The van der Waals surface area contributed by atoms with Gasteiger partial charge in [0.2, 0.25) is 0 Å². The second-order valence-electron chi connectivity index (χ2n) is 6.37. The summed E-state index contributed by atoms with van der Waals surface area (Å²) in [7, 11) is 0. The van der Waals surface area contributed by atoms with E-state index in [9.17, 15) is 9.90 Å². The Hall–Kier alpha value is -2.30. The number of carbonyl (C=O) groups excluding carboxylic acids is 1. The topological polar surface area (TPSA) is 68.7 Å². The number of aromatic nitrogens is 1. The van der Waals surface area contributed by atoms with Crippen LogP contribution in [0.4, 0.5) is 0 Å². The van der Waals surface area contributed by atoms with Crippen LogP contribution in [-0.4, -0.2) is 28.8 Å². The van der Waals surface area contributed by atoms with Crippen LogP contribution < -0.4 is 4.74 Å². The van der Waals surface area contributed by atoms with Gasteiger partial charge in [-0.05, 0) is 57.2 Å². The van der Waals surface area contributed by atoms with E-state index < -0.39 is 0 Å². The minimum absolute atomic E-state index is 0.0810. The van der Waals surface area contributed by atoms with Crippen LogP contribution >= 0.6 is 0 Å². The molecule has 1 aliphatic rings. The second-order valence-corrected chi connectivity index (χ2v) is 6.37. The highest BCUT2D eigenvalue weighted by atomic mass is 16.5. The summed E-state index contributed by atoms with van der Waals surface area (Å²) >= 11 is 0. The van der Waals surface area contributed by atoms with Crippen molar-refractivity contribution < 1.29 is 19.4 Å². The number of aromatic hydroxyl groups is 1. The first-order valence-corrected chi connectivity index (χ1v) is 8.96. The fourth-order valence-electron chi connectivity index (χ4n) is 2.78. The van der Waals surface area contributed by atoms with Gasteiger partial charge in [-0.3, -0.25) is 9.78 Å². The zero-order chi connectivity index (χ0) is 18.1. The van der Waals surface area contributed by atoms with Crippen molar-refractivity contribution in [1.82, 2.24) is 4.98 Å². The van der Waals surface area contributed by atoms with Crippen molar-refractivity contribution in [1.29, 1.82) is 0 Å². The summed E-state index contributed by atoms with van der Waals surface area (Å²) in [5, 5.41) is 11.4. The summed E-state index contributed by atoms with van der Waals surface area (Å²) in [6, 6.07) is 5.78. The van der Waals surface area contributed by atoms with Gasteiger partial charge in [0, 0.05) is 17.0 Å². The lowest BCUT2D eigenvalue weighted by Crippen LogP contribution is -2.19. The molecular weight excluding hydrogens is 318 g/mol. The Morgan fingerprint density at radius 1 is 1.28 bits per heavy atom. The number of ether oxygens (including phenoxy) is 2. The predicted octanol–water partition coefficient (Wildman–Crippen LogP) is 4.61. The number of hydrogen-bond acceptors (Lipinski definition) is 5. The molecule has 0 amide bonds. The van der Waals surface area contributed by atoms with Crippen molar-refractivity contribution in [3.63, 3.8) is 0 Å². The lowest BCUT2D eigenvalue weighted by molar-refractivity contribution is -0.132. The van der Waals surface area contributed by atoms with E-state index in [-0.39, 0.29) is 11.9 Å². The molecule has 0 radical (unpaired) electrons. The van der Waals surface area contributed by atoms with Gasteiger partial charge in [-0.15, -0.1) is 0 Å². The number of rotatable bonds is 5. The van der Waals surface area contributed by atoms with E-state index in [1.165, 1.54) is 25.5 Å². The first kappa shape index (κ1) is 19.0. The van der Waals surface area contributed by atoms with Crippen LogP contribution in [0.15, 0.2) is 30.6 Å². The van der Waals surface area contributed by atoms with Gasteiger partial charge >= 0.3 is 0 Å². The van der Waals surface area contributed by atoms with E-state index in [1.807, 2.05) is 32.0 Å². The van der Waals surface area contributed by atoms with Crippen LogP contribution in [0.25, 0.3) is 10.8 Å². The lowest BCUT2D eigenvalue weighted by atomic mass is 9.98. The van der Waals surface area contributed by atoms with E-state index in [2.05, 4.69) is 9.72 Å². The molecule has 5 heteroatoms. The molecule has 1 unspecified atom stereocenters. The van der Waals surface area contributed by atoms with Gasteiger partial charge in [0.1, 0.15) is 11.5 Å². The summed E-state index contributed by atoms with van der Waals surface area (Å²) in [6.45, 7) is 4.30. The highest BCUT2D eigenvalue weighted by molar-refractivity contribution is 5.88. The molecule has 1 aromatic carbocycles.